The van der Waals surface area contributed by atoms with Crippen LogP contribution in [0.3, 0.4) is 0 Å². The number of hydrogen-bond acceptors (Lipinski definition) is 2. The van der Waals surface area contributed by atoms with Gasteiger partial charge in [-0.15, -0.1) is 0 Å². The van der Waals surface area contributed by atoms with Gasteiger partial charge in [0, 0.05) is 13.5 Å². The van der Waals surface area contributed by atoms with Gasteiger partial charge in [-0.25, -0.2) is 0 Å². The molecule has 0 aliphatic heterocycles. The maximum Gasteiger partial charge on any atom is 0.233 e. The molecule has 0 saturated carbocycles. The predicted molar refractivity (Wildman–Crippen MR) is 42.1 cm³/mol. The van der Waals surface area contributed by atoms with Crippen LogP contribution in [0.4, 0.5) is 0 Å². The van der Waals surface area contributed by atoms with E-state index in [1.165, 1.54) is 0 Å². The molecule has 1 N–H and O–H groups in total. The summed E-state index contributed by atoms with van der Waals surface area (Å²) < 4.78 is 0. The lowest BCUT2D eigenvalue weighted by Crippen LogP contribution is -2.27. The minimum atomic E-state index is -0.234. The summed E-state index contributed by atoms with van der Waals surface area (Å²) in [7, 11) is 1.57. The second-order valence-corrected chi connectivity index (χ2v) is 2.93. The number of nitrogens with one attached hydrogen (secondary N) is 1. The monoisotopic (exact) mass is 207 g/mol. The first-order valence-corrected chi connectivity index (χ1v) is 3.93. The van der Waals surface area contributed by atoms with E-state index in [9.17, 15) is 9.59 Å². The van der Waals surface area contributed by atoms with Gasteiger partial charge in [0.15, 0.2) is 0 Å². The molecule has 0 rings (SSSR count). The molecular weight excluding hydrogens is 198 g/mol. The molecule has 0 fully saturated rings. The Kier molecular flexibility index (Phi) is 5.20. The van der Waals surface area contributed by atoms with Crippen LogP contribution in [0, 0.1) is 0 Å². The average Bonchev–Trinajstić information content (AvgIpc) is 1.98. The van der Waals surface area contributed by atoms with Crippen LogP contribution < -0.4 is 5.32 Å². The van der Waals surface area contributed by atoms with E-state index in [1.54, 1.807) is 7.05 Å². The molecule has 0 heterocycles. The minimum Gasteiger partial charge on any atom is -0.358 e. The minimum absolute atomic E-state index is 0.0816. The molecule has 10 heavy (non-hydrogen) atoms. The summed E-state index contributed by atoms with van der Waals surface area (Å²) in [4.78, 5) is 20.4. The fraction of sp³-hybridized carbons (Fsp3) is 0.667. The number of aldehydes is 1. The van der Waals surface area contributed by atoms with Gasteiger partial charge in [0.2, 0.25) is 5.91 Å². The van der Waals surface area contributed by atoms with E-state index in [2.05, 4.69) is 21.2 Å². The van der Waals surface area contributed by atoms with Crippen LogP contribution in [-0.2, 0) is 9.59 Å². The standard InChI is InChI=1S/C6H10BrNO2/c1-8-6(10)5(7)3-2-4-9/h4-5H,2-3H2,1H3,(H,8,10). The fourth-order valence-corrected chi connectivity index (χ4v) is 0.995. The lowest BCUT2D eigenvalue weighted by atomic mass is 10.2. The van der Waals surface area contributed by atoms with Crippen LogP contribution in [0.1, 0.15) is 12.8 Å². The molecule has 1 unspecified atom stereocenters. The van der Waals surface area contributed by atoms with Gasteiger partial charge in [-0.05, 0) is 6.42 Å². The van der Waals surface area contributed by atoms with Crippen LogP contribution in [0.2, 0.25) is 0 Å². The Bertz CT molecular complexity index is 127. The van der Waals surface area contributed by atoms with Crippen LogP contribution in [0.25, 0.3) is 0 Å². The third-order valence-corrected chi connectivity index (χ3v) is 1.94. The van der Waals surface area contributed by atoms with Crippen molar-refractivity contribution < 1.29 is 9.59 Å². The average molecular weight is 208 g/mol. The van der Waals surface area contributed by atoms with Crippen molar-refractivity contribution >= 4 is 28.1 Å². The van der Waals surface area contributed by atoms with Gasteiger partial charge in [-0.2, -0.15) is 0 Å². The van der Waals surface area contributed by atoms with Gasteiger partial charge in [-0.1, -0.05) is 15.9 Å². The largest absolute Gasteiger partial charge is 0.358 e. The number of rotatable bonds is 4. The second-order valence-electron chi connectivity index (χ2n) is 1.83. The normalized spacial score (nSPS) is 12.2. The molecule has 58 valence electrons. The van der Waals surface area contributed by atoms with Crippen molar-refractivity contribution in [3.05, 3.63) is 0 Å². The summed E-state index contributed by atoms with van der Waals surface area (Å²) in [5, 5.41) is 2.47. The molecule has 0 aliphatic rings. The quantitative estimate of drug-likeness (QED) is 0.539. The predicted octanol–water partition coefficient (Wildman–Crippen LogP) is 0.475. The zero-order valence-electron chi connectivity index (χ0n) is 5.76. The lowest BCUT2D eigenvalue weighted by molar-refractivity contribution is -0.120. The maximum absolute atomic E-state index is 10.7. The molecular formula is C6H10BrNO2. The highest BCUT2D eigenvalue weighted by molar-refractivity contribution is 9.10. The van der Waals surface area contributed by atoms with Gasteiger partial charge in [0.1, 0.15) is 6.29 Å². The molecule has 0 aromatic heterocycles. The summed E-state index contributed by atoms with van der Waals surface area (Å²) in [5.74, 6) is -0.0816. The van der Waals surface area contributed by atoms with Gasteiger partial charge in [-0.3, -0.25) is 4.79 Å². The van der Waals surface area contributed by atoms with Gasteiger partial charge < -0.3 is 10.1 Å². The zero-order chi connectivity index (χ0) is 7.98. The van der Waals surface area contributed by atoms with E-state index in [4.69, 9.17) is 0 Å². The first-order chi connectivity index (χ1) is 4.72. The Hall–Kier alpha value is -0.380. The van der Waals surface area contributed by atoms with Gasteiger partial charge in [0.25, 0.3) is 0 Å². The van der Waals surface area contributed by atoms with Gasteiger partial charge >= 0.3 is 0 Å². The number of hydrogen-bond donors (Lipinski definition) is 1. The molecule has 0 aromatic rings. The Labute approximate surface area is 68.3 Å². The third kappa shape index (κ3) is 3.61. The fourth-order valence-electron chi connectivity index (χ4n) is 0.502. The molecule has 0 radical (unpaired) electrons. The Morgan fingerprint density at radius 2 is 2.40 bits per heavy atom. The molecule has 0 bridgehead atoms. The summed E-state index contributed by atoms with van der Waals surface area (Å²) in [6, 6.07) is 0. The Morgan fingerprint density at radius 3 is 2.80 bits per heavy atom. The van der Waals surface area contributed by atoms with Crippen molar-refractivity contribution in [3.63, 3.8) is 0 Å². The van der Waals surface area contributed by atoms with E-state index in [-0.39, 0.29) is 10.7 Å². The maximum atomic E-state index is 10.7. The van der Waals surface area contributed by atoms with Crippen molar-refractivity contribution in [3.8, 4) is 0 Å². The van der Waals surface area contributed by atoms with E-state index >= 15 is 0 Å². The molecule has 0 spiro atoms. The van der Waals surface area contributed by atoms with Crippen LogP contribution >= 0.6 is 15.9 Å². The van der Waals surface area contributed by atoms with Crippen LogP contribution in [-0.4, -0.2) is 24.1 Å². The smallest absolute Gasteiger partial charge is 0.233 e. The van der Waals surface area contributed by atoms with Crippen molar-refractivity contribution in [1.29, 1.82) is 0 Å². The number of amides is 1. The Balaban J connectivity index is 3.50. The molecule has 1 amide bonds. The van der Waals surface area contributed by atoms with E-state index in [0.29, 0.717) is 12.8 Å². The molecule has 0 aliphatic carbocycles. The molecule has 0 aromatic carbocycles. The highest BCUT2D eigenvalue weighted by Gasteiger charge is 2.10. The topological polar surface area (TPSA) is 46.2 Å². The number of alkyl halides is 1. The number of carbonyl (C=O) groups is 2. The number of halogens is 1. The molecule has 0 saturated heterocycles. The van der Waals surface area contributed by atoms with E-state index < -0.39 is 0 Å². The van der Waals surface area contributed by atoms with Crippen molar-refractivity contribution in [2.75, 3.05) is 7.05 Å². The van der Waals surface area contributed by atoms with E-state index in [1.807, 2.05) is 0 Å². The summed E-state index contributed by atoms with van der Waals surface area (Å²) in [6.45, 7) is 0. The molecule has 1 atom stereocenters. The SMILES string of the molecule is CNC(=O)C(Br)CCC=O. The first-order valence-electron chi connectivity index (χ1n) is 3.01. The Morgan fingerprint density at radius 1 is 1.80 bits per heavy atom. The van der Waals surface area contributed by atoms with Crippen molar-refractivity contribution in [2.45, 2.75) is 17.7 Å². The van der Waals surface area contributed by atoms with Crippen LogP contribution in [0.5, 0.6) is 0 Å². The first kappa shape index (κ1) is 9.62. The third-order valence-electron chi connectivity index (χ3n) is 1.07. The van der Waals surface area contributed by atoms with Crippen molar-refractivity contribution in [2.24, 2.45) is 0 Å². The second kappa shape index (κ2) is 5.41. The highest BCUT2D eigenvalue weighted by atomic mass is 79.9. The summed E-state index contributed by atoms with van der Waals surface area (Å²) in [5.41, 5.74) is 0. The summed E-state index contributed by atoms with van der Waals surface area (Å²) in [6.07, 6.45) is 1.78. The van der Waals surface area contributed by atoms with Crippen LogP contribution in [0.15, 0.2) is 0 Å². The lowest BCUT2D eigenvalue weighted by Gasteiger charge is -2.03. The zero-order valence-corrected chi connectivity index (χ0v) is 7.35. The van der Waals surface area contributed by atoms with Gasteiger partial charge in [0.05, 0.1) is 4.83 Å². The van der Waals surface area contributed by atoms with Crippen molar-refractivity contribution in [1.82, 2.24) is 5.32 Å². The molecule has 4 heteroatoms. The highest BCUT2D eigenvalue weighted by Crippen LogP contribution is 2.05. The van der Waals surface area contributed by atoms with E-state index in [0.717, 1.165) is 6.29 Å². The molecule has 3 nitrogen and oxygen atoms in total. The number of carbonyl (C=O) groups excluding carboxylic acids is 2. The summed E-state index contributed by atoms with van der Waals surface area (Å²) >= 11 is 3.13.